The second-order valence-corrected chi connectivity index (χ2v) is 4.68. The number of aromatic nitrogens is 4. The average Bonchev–Trinajstić information content (AvgIpc) is 2.57. The van der Waals surface area contributed by atoms with Gasteiger partial charge in [0.05, 0.1) is 21.9 Å². The molecule has 0 spiro atoms. The lowest BCUT2D eigenvalue weighted by atomic mass is 10.1. The molecular weight excluding hydrogens is 282 g/mol. The summed E-state index contributed by atoms with van der Waals surface area (Å²) in [5.41, 5.74) is 8.11. The molecule has 2 aromatic heterocycles. The van der Waals surface area contributed by atoms with Crippen LogP contribution in [0.1, 0.15) is 23.3 Å². The first-order valence-corrected chi connectivity index (χ1v) is 6.09. The molecule has 0 aliphatic heterocycles. The van der Waals surface area contributed by atoms with Crippen molar-refractivity contribution >= 4 is 15.9 Å². The van der Waals surface area contributed by atoms with Crippen molar-refractivity contribution in [2.24, 2.45) is 12.8 Å². The number of nitrogens with zero attached hydrogens (tertiary/aromatic N) is 4. The Morgan fingerprint density at radius 3 is 2.59 bits per heavy atom. The van der Waals surface area contributed by atoms with Crippen molar-refractivity contribution in [1.82, 2.24) is 19.7 Å². The van der Waals surface area contributed by atoms with Crippen molar-refractivity contribution in [2.45, 2.75) is 19.4 Å². The van der Waals surface area contributed by atoms with Gasteiger partial charge in [0.2, 0.25) is 0 Å². The fourth-order valence-corrected chi connectivity index (χ4v) is 2.20. The van der Waals surface area contributed by atoms with Crippen molar-refractivity contribution in [2.75, 3.05) is 0 Å². The quantitative estimate of drug-likeness (QED) is 0.932. The molecule has 0 amide bonds. The number of hydrogen-bond donors (Lipinski definition) is 1. The van der Waals surface area contributed by atoms with Gasteiger partial charge in [0.25, 0.3) is 0 Å². The molecule has 0 fully saturated rings. The first-order chi connectivity index (χ1) is 8.09. The molecule has 0 aromatic carbocycles. The van der Waals surface area contributed by atoms with E-state index in [1.165, 1.54) is 0 Å². The van der Waals surface area contributed by atoms with E-state index >= 15 is 0 Å². The summed E-state index contributed by atoms with van der Waals surface area (Å²) in [6.45, 7) is 1.96. The molecule has 17 heavy (non-hydrogen) atoms. The summed E-state index contributed by atoms with van der Waals surface area (Å²) < 4.78 is 2.84. The minimum Gasteiger partial charge on any atom is -0.321 e. The van der Waals surface area contributed by atoms with Crippen LogP contribution in [-0.2, 0) is 13.5 Å². The van der Waals surface area contributed by atoms with Gasteiger partial charge in [-0.1, -0.05) is 0 Å². The summed E-state index contributed by atoms with van der Waals surface area (Å²) in [4.78, 5) is 8.32. The Labute approximate surface area is 108 Å². The van der Waals surface area contributed by atoms with Crippen molar-refractivity contribution in [1.29, 1.82) is 0 Å². The Kier molecular flexibility index (Phi) is 3.54. The molecule has 2 aromatic rings. The van der Waals surface area contributed by atoms with Gasteiger partial charge in [0.15, 0.2) is 0 Å². The van der Waals surface area contributed by atoms with Crippen LogP contribution >= 0.6 is 15.9 Å². The molecule has 0 bridgehead atoms. The summed E-state index contributed by atoms with van der Waals surface area (Å²) in [5.74, 6) is 0.651. The number of hydrogen-bond acceptors (Lipinski definition) is 4. The normalized spacial score (nSPS) is 12.7. The Morgan fingerprint density at radius 2 is 2.06 bits per heavy atom. The lowest BCUT2D eigenvalue weighted by Gasteiger charge is -2.10. The molecular formula is C11H14BrN5. The Bertz CT molecular complexity index is 508. The van der Waals surface area contributed by atoms with E-state index in [1.807, 2.05) is 18.7 Å². The highest BCUT2D eigenvalue weighted by atomic mass is 79.9. The van der Waals surface area contributed by atoms with Crippen LogP contribution in [0.4, 0.5) is 0 Å². The minimum absolute atomic E-state index is 0.220. The zero-order chi connectivity index (χ0) is 12.4. The van der Waals surface area contributed by atoms with E-state index < -0.39 is 0 Å². The monoisotopic (exact) mass is 295 g/mol. The highest BCUT2D eigenvalue weighted by Crippen LogP contribution is 2.23. The maximum Gasteiger partial charge on any atom is 0.145 e. The molecule has 2 N–H and O–H groups in total. The third-order valence-electron chi connectivity index (χ3n) is 2.59. The van der Waals surface area contributed by atoms with Crippen LogP contribution in [0.3, 0.4) is 0 Å². The molecule has 0 saturated heterocycles. The zero-order valence-corrected chi connectivity index (χ0v) is 11.3. The van der Waals surface area contributed by atoms with Gasteiger partial charge in [-0.25, -0.2) is 9.97 Å². The summed E-state index contributed by atoms with van der Waals surface area (Å²) in [7, 11) is 1.91. The number of aryl methyl sites for hydroxylation is 2. The van der Waals surface area contributed by atoms with Crippen molar-refractivity contribution in [3.8, 4) is 0 Å². The van der Waals surface area contributed by atoms with E-state index in [0.717, 1.165) is 15.9 Å². The first kappa shape index (κ1) is 12.2. The highest BCUT2D eigenvalue weighted by molar-refractivity contribution is 9.10. The van der Waals surface area contributed by atoms with Gasteiger partial charge < -0.3 is 5.73 Å². The molecule has 90 valence electrons. The SMILES string of the molecule is Cc1nn(C)c(CC(N)c2ncccn2)c1Br. The second-order valence-electron chi connectivity index (χ2n) is 3.89. The molecule has 1 unspecified atom stereocenters. The van der Waals surface area contributed by atoms with Crippen LogP contribution in [0.15, 0.2) is 22.9 Å². The molecule has 0 aliphatic rings. The molecule has 0 aliphatic carbocycles. The van der Waals surface area contributed by atoms with Gasteiger partial charge in [0.1, 0.15) is 5.82 Å². The Balaban J connectivity index is 2.22. The van der Waals surface area contributed by atoms with Crippen LogP contribution in [0, 0.1) is 6.92 Å². The third kappa shape index (κ3) is 2.53. The van der Waals surface area contributed by atoms with Crippen LogP contribution in [0.2, 0.25) is 0 Å². The summed E-state index contributed by atoms with van der Waals surface area (Å²) in [5, 5.41) is 4.33. The topological polar surface area (TPSA) is 69.6 Å². The maximum atomic E-state index is 6.09. The van der Waals surface area contributed by atoms with E-state index in [9.17, 15) is 0 Å². The van der Waals surface area contributed by atoms with E-state index in [1.54, 1.807) is 18.5 Å². The largest absolute Gasteiger partial charge is 0.321 e. The highest BCUT2D eigenvalue weighted by Gasteiger charge is 2.16. The zero-order valence-electron chi connectivity index (χ0n) is 9.76. The lowest BCUT2D eigenvalue weighted by molar-refractivity contribution is 0.612. The molecule has 0 saturated carbocycles. The number of rotatable bonds is 3. The van der Waals surface area contributed by atoms with Gasteiger partial charge in [-0.2, -0.15) is 5.10 Å². The molecule has 6 heteroatoms. The van der Waals surface area contributed by atoms with Crippen LogP contribution in [-0.4, -0.2) is 19.7 Å². The van der Waals surface area contributed by atoms with Gasteiger partial charge in [0, 0.05) is 25.9 Å². The maximum absolute atomic E-state index is 6.09. The number of nitrogens with two attached hydrogens (primary N) is 1. The lowest BCUT2D eigenvalue weighted by Crippen LogP contribution is -2.18. The smallest absolute Gasteiger partial charge is 0.145 e. The molecule has 0 radical (unpaired) electrons. The van der Waals surface area contributed by atoms with Gasteiger partial charge in [-0.15, -0.1) is 0 Å². The standard InChI is InChI=1S/C11H14BrN5/c1-7-10(12)9(17(2)16-7)6-8(13)11-14-4-3-5-15-11/h3-5,8H,6,13H2,1-2H3. The van der Waals surface area contributed by atoms with E-state index in [-0.39, 0.29) is 6.04 Å². The van der Waals surface area contributed by atoms with Crippen LogP contribution < -0.4 is 5.73 Å². The summed E-state index contributed by atoms with van der Waals surface area (Å²) >= 11 is 3.52. The predicted molar refractivity (Wildman–Crippen MR) is 68.3 cm³/mol. The summed E-state index contributed by atoms with van der Waals surface area (Å²) in [6.07, 6.45) is 4.05. The van der Waals surface area contributed by atoms with E-state index in [4.69, 9.17) is 5.73 Å². The molecule has 2 rings (SSSR count). The Hall–Kier alpha value is -1.27. The van der Waals surface area contributed by atoms with Gasteiger partial charge in [-0.05, 0) is 28.9 Å². The Morgan fingerprint density at radius 1 is 1.41 bits per heavy atom. The van der Waals surface area contributed by atoms with Gasteiger partial charge >= 0.3 is 0 Å². The van der Waals surface area contributed by atoms with Crippen LogP contribution in [0.5, 0.6) is 0 Å². The van der Waals surface area contributed by atoms with Crippen LogP contribution in [0.25, 0.3) is 0 Å². The third-order valence-corrected chi connectivity index (χ3v) is 3.62. The average molecular weight is 296 g/mol. The predicted octanol–water partition coefficient (Wildman–Crippen LogP) is 1.52. The van der Waals surface area contributed by atoms with Crippen molar-refractivity contribution < 1.29 is 0 Å². The first-order valence-electron chi connectivity index (χ1n) is 5.30. The van der Waals surface area contributed by atoms with Crippen molar-refractivity contribution in [3.63, 3.8) is 0 Å². The van der Waals surface area contributed by atoms with E-state index in [0.29, 0.717) is 12.2 Å². The van der Waals surface area contributed by atoms with Crippen molar-refractivity contribution in [3.05, 3.63) is 40.1 Å². The summed E-state index contributed by atoms with van der Waals surface area (Å²) in [6, 6.07) is 1.56. The fraction of sp³-hybridized carbons (Fsp3) is 0.364. The fourth-order valence-electron chi connectivity index (χ4n) is 1.70. The van der Waals surface area contributed by atoms with E-state index in [2.05, 4.69) is 31.0 Å². The molecule has 1 atom stereocenters. The molecule has 2 heterocycles. The van der Waals surface area contributed by atoms with Gasteiger partial charge in [-0.3, -0.25) is 4.68 Å². The molecule has 5 nitrogen and oxygen atoms in total. The second kappa shape index (κ2) is 4.93. The number of halogens is 1. The minimum atomic E-state index is -0.220.